The zero-order valence-corrected chi connectivity index (χ0v) is 11.3. The third-order valence-corrected chi connectivity index (χ3v) is 3.97. The summed E-state index contributed by atoms with van der Waals surface area (Å²) in [6.45, 7) is 2.17. The van der Waals surface area contributed by atoms with Gasteiger partial charge in [0.15, 0.2) is 0 Å². The van der Waals surface area contributed by atoms with Crippen LogP contribution in [0.15, 0.2) is 30.3 Å². The Bertz CT molecular complexity index is 413. The number of aliphatic hydroxyl groups is 1. The molecule has 3 heteroatoms. The van der Waals surface area contributed by atoms with Gasteiger partial charge in [0, 0.05) is 19.2 Å². The monoisotopic (exact) mass is 258 g/mol. The van der Waals surface area contributed by atoms with Crippen LogP contribution in [-0.4, -0.2) is 35.7 Å². The number of aliphatic hydroxyl groups excluding tert-OH is 1. The van der Waals surface area contributed by atoms with Crippen LogP contribution in [0.25, 0.3) is 0 Å². The van der Waals surface area contributed by atoms with Gasteiger partial charge in [0.2, 0.25) is 0 Å². The van der Waals surface area contributed by atoms with Crippen molar-refractivity contribution in [2.45, 2.75) is 37.6 Å². The molecule has 2 atom stereocenters. The Morgan fingerprint density at radius 2 is 2.16 bits per heavy atom. The molecule has 0 aliphatic carbocycles. The van der Waals surface area contributed by atoms with Gasteiger partial charge in [0.05, 0.1) is 12.0 Å². The van der Waals surface area contributed by atoms with Crippen LogP contribution in [0, 0.1) is 11.3 Å². The molecule has 0 saturated carbocycles. The number of benzene rings is 1. The van der Waals surface area contributed by atoms with Crippen LogP contribution in [0.2, 0.25) is 0 Å². The quantitative estimate of drug-likeness (QED) is 0.853. The van der Waals surface area contributed by atoms with Gasteiger partial charge < -0.3 is 5.11 Å². The first-order valence-corrected chi connectivity index (χ1v) is 7.14. The Morgan fingerprint density at radius 1 is 1.37 bits per heavy atom. The Kier molecular flexibility index (Phi) is 5.38. The number of nitriles is 1. The lowest BCUT2D eigenvalue weighted by atomic mass is 9.99. The van der Waals surface area contributed by atoms with Crippen LogP contribution in [-0.2, 0) is 0 Å². The summed E-state index contributed by atoms with van der Waals surface area (Å²) >= 11 is 0. The first-order valence-electron chi connectivity index (χ1n) is 7.14. The van der Waals surface area contributed by atoms with Crippen molar-refractivity contribution >= 4 is 0 Å². The summed E-state index contributed by atoms with van der Waals surface area (Å²) in [5.74, 6) is -0.0454. The summed E-state index contributed by atoms with van der Waals surface area (Å²) in [6.07, 6.45) is 4.32. The van der Waals surface area contributed by atoms with Crippen LogP contribution in [0.3, 0.4) is 0 Å². The summed E-state index contributed by atoms with van der Waals surface area (Å²) in [7, 11) is 0. The Morgan fingerprint density at radius 3 is 2.84 bits per heavy atom. The zero-order chi connectivity index (χ0) is 13.5. The summed E-state index contributed by atoms with van der Waals surface area (Å²) in [5.41, 5.74) is 1.11. The van der Waals surface area contributed by atoms with E-state index >= 15 is 0 Å². The van der Waals surface area contributed by atoms with E-state index in [4.69, 9.17) is 5.11 Å². The molecule has 0 spiro atoms. The molecular formula is C16H22N2O. The van der Waals surface area contributed by atoms with Gasteiger partial charge in [0.25, 0.3) is 0 Å². The topological polar surface area (TPSA) is 47.3 Å². The number of nitrogens with zero attached hydrogens (tertiary/aromatic N) is 2. The van der Waals surface area contributed by atoms with E-state index in [9.17, 15) is 5.26 Å². The predicted octanol–water partition coefficient (Wildman–Crippen LogP) is 2.53. The van der Waals surface area contributed by atoms with Crippen molar-refractivity contribution in [2.24, 2.45) is 0 Å². The second kappa shape index (κ2) is 7.28. The first kappa shape index (κ1) is 14.0. The average molecular weight is 258 g/mol. The number of hydrogen-bond donors (Lipinski definition) is 1. The normalized spacial score (nSPS) is 21.2. The maximum atomic E-state index is 9.39. The van der Waals surface area contributed by atoms with Crippen molar-refractivity contribution in [2.75, 3.05) is 19.7 Å². The van der Waals surface area contributed by atoms with Crippen molar-refractivity contribution < 1.29 is 5.11 Å². The highest BCUT2D eigenvalue weighted by Gasteiger charge is 2.26. The fourth-order valence-electron chi connectivity index (χ4n) is 2.93. The highest BCUT2D eigenvalue weighted by Crippen LogP contribution is 2.25. The molecule has 1 fully saturated rings. The van der Waals surface area contributed by atoms with Crippen LogP contribution < -0.4 is 0 Å². The van der Waals surface area contributed by atoms with Gasteiger partial charge in [-0.2, -0.15) is 5.26 Å². The molecule has 1 heterocycles. The second-order valence-corrected chi connectivity index (χ2v) is 5.25. The van der Waals surface area contributed by atoms with E-state index in [1.807, 2.05) is 30.3 Å². The molecular weight excluding hydrogens is 236 g/mol. The number of likely N-dealkylation sites (tertiary alicyclic amines) is 1. The van der Waals surface area contributed by atoms with Crippen LogP contribution in [0.5, 0.6) is 0 Å². The van der Waals surface area contributed by atoms with Crippen LogP contribution in [0.1, 0.15) is 37.2 Å². The third kappa shape index (κ3) is 3.79. The minimum absolute atomic E-state index is 0.0454. The van der Waals surface area contributed by atoms with Gasteiger partial charge >= 0.3 is 0 Å². The van der Waals surface area contributed by atoms with E-state index in [2.05, 4.69) is 11.0 Å². The summed E-state index contributed by atoms with van der Waals surface area (Å²) < 4.78 is 0. The SMILES string of the molecule is N#CC(CN1CCCC1CCCO)c1ccccc1. The highest BCUT2D eigenvalue weighted by atomic mass is 16.2. The van der Waals surface area contributed by atoms with Crippen molar-refractivity contribution in [3.05, 3.63) is 35.9 Å². The van der Waals surface area contributed by atoms with Gasteiger partial charge in [-0.3, -0.25) is 4.90 Å². The summed E-state index contributed by atoms with van der Waals surface area (Å²) in [5, 5.41) is 18.3. The molecule has 0 aromatic heterocycles. The van der Waals surface area contributed by atoms with E-state index in [0.29, 0.717) is 6.04 Å². The fourth-order valence-corrected chi connectivity index (χ4v) is 2.93. The van der Waals surface area contributed by atoms with Gasteiger partial charge in [-0.05, 0) is 37.8 Å². The molecule has 2 unspecified atom stereocenters. The predicted molar refractivity (Wildman–Crippen MR) is 75.7 cm³/mol. The standard InChI is InChI=1S/C16H22N2O/c17-12-15(14-6-2-1-3-7-14)13-18-10-4-8-16(18)9-5-11-19/h1-3,6-7,15-16,19H,4-5,8-11,13H2. The molecule has 1 aromatic rings. The molecule has 1 aliphatic rings. The van der Waals surface area contributed by atoms with E-state index < -0.39 is 0 Å². The Hall–Kier alpha value is -1.37. The van der Waals surface area contributed by atoms with Gasteiger partial charge in [0.1, 0.15) is 0 Å². The van der Waals surface area contributed by atoms with Gasteiger partial charge in [-0.15, -0.1) is 0 Å². The lowest BCUT2D eigenvalue weighted by Gasteiger charge is -2.26. The number of rotatable bonds is 6. The van der Waals surface area contributed by atoms with E-state index in [-0.39, 0.29) is 12.5 Å². The molecule has 1 N–H and O–H groups in total. The molecule has 0 radical (unpaired) electrons. The minimum atomic E-state index is -0.0454. The van der Waals surface area contributed by atoms with Gasteiger partial charge in [-0.25, -0.2) is 0 Å². The fraction of sp³-hybridized carbons (Fsp3) is 0.562. The molecule has 1 aliphatic heterocycles. The van der Waals surface area contributed by atoms with Gasteiger partial charge in [-0.1, -0.05) is 30.3 Å². The maximum Gasteiger partial charge on any atom is 0.0839 e. The van der Waals surface area contributed by atoms with E-state index in [1.165, 1.54) is 12.8 Å². The number of hydrogen-bond acceptors (Lipinski definition) is 3. The molecule has 2 rings (SSSR count). The molecule has 0 bridgehead atoms. The van der Waals surface area contributed by atoms with E-state index in [0.717, 1.165) is 31.5 Å². The van der Waals surface area contributed by atoms with Crippen molar-refractivity contribution in [3.63, 3.8) is 0 Å². The Labute approximate surface area is 115 Å². The lowest BCUT2D eigenvalue weighted by Crippen LogP contribution is -2.33. The molecule has 0 amide bonds. The first-order chi connectivity index (χ1) is 9.35. The molecule has 3 nitrogen and oxygen atoms in total. The third-order valence-electron chi connectivity index (χ3n) is 3.97. The molecule has 1 saturated heterocycles. The lowest BCUT2D eigenvalue weighted by molar-refractivity contribution is 0.213. The minimum Gasteiger partial charge on any atom is -0.396 e. The highest BCUT2D eigenvalue weighted by molar-refractivity contribution is 5.25. The largest absolute Gasteiger partial charge is 0.396 e. The summed E-state index contributed by atoms with van der Waals surface area (Å²) in [4.78, 5) is 2.43. The average Bonchev–Trinajstić information content (AvgIpc) is 2.90. The van der Waals surface area contributed by atoms with Crippen LogP contribution >= 0.6 is 0 Å². The van der Waals surface area contributed by atoms with Crippen molar-refractivity contribution in [1.29, 1.82) is 5.26 Å². The zero-order valence-electron chi connectivity index (χ0n) is 11.3. The maximum absolute atomic E-state index is 9.39. The van der Waals surface area contributed by atoms with Crippen LogP contribution in [0.4, 0.5) is 0 Å². The van der Waals surface area contributed by atoms with Crippen molar-refractivity contribution in [3.8, 4) is 6.07 Å². The second-order valence-electron chi connectivity index (χ2n) is 5.25. The molecule has 19 heavy (non-hydrogen) atoms. The smallest absolute Gasteiger partial charge is 0.0839 e. The van der Waals surface area contributed by atoms with E-state index in [1.54, 1.807) is 0 Å². The van der Waals surface area contributed by atoms with Crippen molar-refractivity contribution in [1.82, 2.24) is 4.90 Å². The Balaban J connectivity index is 1.96. The molecule has 102 valence electrons. The summed E-state index contributed by atoms with van der Waals surface area (Å²) in [6, 6.07) is 13.0. The molecule has 1 aromatic carbocycles.